The van der Waals surface area contributed by atoms with E-state index in [1.807, 2.05) is 0 Å². The van der Waals surface area contributed by atoms with Gasteiger partial charge in [0, 0.05) is 5.69 Å². The number of nitrogens with one attached hydrogen (secondary N) is 1. The van der Waals surface area contributed by atoms with Crippen molar-refractivity contribution in [3.05, 3.63) is 52.3 Å². The second-order valence-corrected chi connectivity index (χ2v) is 6.82. The molecule has 112 valence electrons. The van der Waals surface area contributed by atoms with E-state index < -0.39 is 15.8 Å². The third kappa shape index (κ3) is 3.46. The predicted molar refractivity (Wildman–Crippen MR) is 82.5 cm³/mol. The fraction of sp³-hybridized carbons (Fsp3) is 0.143. The monoisotopic (exact) mass is 328 g/mol. The maximum absolute atomic E-state index is 13.3. The Morgan fingerprint density at radius 3 is 2.43 bits per heavy atom. The quantitative estimate of drug-likeness (QED) is 0.847. The molecule has 0 radical (unpaired) electrons. The van der Waals surface area contributed by atoms with Gasteiger partial charge in [-0.05, 0) is 55.3 Å². The molecule has 0 aliphatic rings. The Bertz CT molecular complexity index is 787. The summed E-state index contributed by atoms with van der Waals surface area (Å²) in [4.78, 5) is -0.144. The van der Waals surface area contributed by atoms with Crippen molar-refractivity contribution in [2.45, 2.75) is 18.7 Å². The van der Waals surface area contributed by atoms with Crippen LogP contribution in [0.5, 0.6) is 0 Å². The molecule has 0 atom stereocenters. The Labute approximate surface area is 127 Å². The Balaban J connectivity index is 2.45. The zero-order valence-corrected chi connectivity index (χ0v) is 13.0. The second-order valence-electron chi connectivity index (χ2n) is 4.76. The van der Waals surface area contributed by atoms with Crippen LogP contribution in [-0.4, -0.2) is 8.42 Å². The van der Waals surface area contributed by atoms with Crippen molar-refractivity contribution in [2.75, 3.05) is 10.5 Å². The van der Waals surface area contributed by atoms with Crippen LogP contribution in [0.2, 0.25) is 5.02 Å². The predicted octanol–water partition coefficient (Wildman–Crippen LogP) is 3.48. The van der Waals surface area contributed by atoms with E-state index in [2.05, 4.69) is 4.72 Å². The number of halogens is 2. The molecule has 0 saturated carbocycles. The van der Waals surface area contributed by atoms with E-state index in [0.29, 0.717) is 16.8 Å². The lowest BCUT2D eigenvalue weighted by molar-refractivity contribution is 0.601. The third-order valence-corrected chi connectivity index (χ3v) is 4.75. The van der Waals surface area contributed by atoms with Gasteiger partial charge in [-0.3, -0.25) is 4.72 Å². The van der Waals surface area contributed by atoms with Crippen molar-refractivity contribution in [1.82, 2.24) is 0 Å². The van der Waals surface area contributed by atoms with Gasteiger partial charge in [0.2, 0.25) is 0 Å². The van der Waals surface area contributed by atoms with Gasteiger partial charge >= 0.3 is 0 Å². The molecule has 0 amide bonds. The molecular formula is C14H14ClFN2O2S. The Kier molecular flexibility index (Phi) is 4.11. The van der Waals surface area contributed by atoms with Gasteiger partial charge in [0.1, 0.15) is 10.7 Å². The number of aryl methyl sites for hydroxylation is 2. The molecule has 0 heterocycles. The normalized spacial score (nSPS) is 11.4. The molecule has 4 nitrogen and oxygen atoms in total. The van der Waals surface area contributed by atoms with Crippen LogP contribution in [0, 0.1) is 19.7 Å². The van der Waals surface area contributed by atoms with E-state index in [-0.39, 0.29) is 15.6 Å². The smallest absolute Gasteiger partial charge is 0.263 e. The summed E-state index contributed by atoms with van der Waals surface area (Å²) in [5, 5.41) is 0.0577. The lowest BCUT2D eigenvalue weighted by Crippen LogP contribution is -2.14. The molecule has 2 aromatic rings. The summed E-state index contributed by atoms with van der Waals surface area (Å²) in [5.74, 6) is -0.526. The first kappa shape index (κ1) is 15.6. The molecule has 0 spiro atoms. The standard InChI is InChI=1S/C14H14ClFN2O2S/c1-8-3-10(16)6-11(4-8)18-21(19,20)14-7-13(17)9(2)5-12(14)15/h3-7,18H,17H2,1-2H3. The van der Waals surface area contributed by atoms with Crippen molar-refractivity contribution in [1.29, 1.82) is 0 Å². The topological polar surface area (TPSA) is 72.2 Å². The van der Waals surface area contributed by atoms with E-state index in [1.165, 1.54) is 24.3 Å². The van der Waals surface area contributed by atoms with Crippen LogP contribution in [0.15, 0.2) is 35.2 Å². The van der Waals surface area contributed by atoms with Crippen LogP contribution in [0.4, 0.5) is 15.8 Å². The Morgan fingerprint density at radius 1 is 1.14 bits per heavy atom. The molecule has 2 aromatic carbocycles. The van der Waals surface area contributed by atoms with Gasteiger partial charge < -0.3 is 5.73 Å². The second kappa shape index (κ2) is 5.54. The van der Waals surface area contributed by atoms with Crippen LogP contribution in [0.1, 0.15) is 11.1 Å². The fourth-order valence-electron chi connectivity index (χ4n) is 1.88. The minimum absolute atomic E-state index is 0.0577. The van der Waals surface area contributed by atoms with Crippen LogP contribution in [-0.2, 0) is 10.0 Å². The maximum atomic E-state index is 13.3. The molecule has 7 heteroatoms. The lowest BCUT2D eigenvalue weighted by atomic mass is 10.2. The summed E-state index contributed by atoms with van der Waals surface area (Å²) in [6, 6.07) is 6.67. The average molecular weight is 329 g/mol. The highest BCUT2D eigenvalue weighted by Crippen LogP contribution is 2.28. The first-order valence-electron chi connectivity index (χ1n) is 6.04. The summed E-state index contributed by atoms with van der Waals surface area (Å²) >= 11 is 5.97. The Morgan fingerprint density at radius 2 is 1.81 bits per heavy atom. The van der Waals surface area contributed by atoms with Crippen molar-refractivity contribution < 1.29 is 12.8 Å². The first-order chi connectivity index (χ1) is 9.69. The minimum atomic E-state index is -3.95. The van der Waals surface area contributed by atoms with Gasteiger partial charge in [-0.25, -0.2) is 12.8 Å². The highest BCUT2D eigenvalue weighted by Gasteiger charge is 2.19. The average Bonchev–Trinajstić information content (AvgIpc) is 2.31. The highest BCUT2D eigenvalue weighted by molar-refractivity contribution is 7.92. The Hall–Kier alpha value is -1.79. The van der Waals surface area contributed by atoms with Crippen LogP contribution < -0.4 is 10.5 Å². The summed E-state index contributed by atoms with van der Waals surface area (Å²) in [6.45, 7) is 3.39. The zero-order chi connectivity index (χ0) is 15.8. The van der Waals surface area contributed by atoms with Crippen molar-refractivity contribution in [2.24, 2.45) is 0 Å². The molecule has 21 heavy (non-hydrogen) atoms. The van der Waals surface area contributed by atoms with Gasteiger partial charge in [0.15, 0.2) is 0 Å². The molecule has 0 unspecified atom stereocenters. The summed E-state index contributed by atoms with van der Waals surface area (Å²) in [7, 11) is -3.95. The van der Waals surface area contributed by atoms with E-state index in [0.717, 1.165) is 6.07 Å². The number of anilines is 2. The van der Waals surface area contributed by atoms with Crippen LogP contribution in [0.3, 0.4) is 0 Å². The number of rotatable bonds is 3. The van der Waals surface area contributed by atoms with Crippen LogP contribution >= 0.6 is 11.6 Å². The zero-order valence-electron chi connectivity index (χ0n) is 11.4. The first-order valence-corrected chi connectivity index (χ1v) is 7.91. The molecule has 0 aromatic heterocycles. The summed E-state index contributed by atoms with van der Waals surface area (Å²) in [6.07, 6.45) is 0. The summed E-state index contributed by atoms with van der Waals surface area (Å²) in [5.41, 5.74) is 7.44. The number of nitrogens with two attached hydrogens (primary N) is 1. The number of nitrogen functional groups attached to an aromatic ring is 1. The van der Waals surface area contributed by atoms with Crippen molar-refractivity contribution in [3.63, 3.8) is 0 Å². The number of benzene rings is 2. The fourth-order valence-corrected chi connectivity index (χ4v) is 3.54. The minimum Gasteiger partial charge on any atom is -0.398 e. The molecule has 0 aliphatic heterocycles. The number of hydrogen-bond acceptors (Lipinski definition) is 3. The molecule has 0 bridgehead atoms. The molecule has 2 rings (SSSR count). The molecule has 0 aliphatic carbocycles. The lowest BCUT2D eigenvalue weighted by Gasteiger charge is -2.12. The maximum Gasteiger partial charge on any atom is 0.263 e. The van der Waals surface area contributed by atoms with Gasteiger partial charge in [-0.1, -0.05) is 11.6 Å². The van der Waals surface area contributed by atoms with E-state index in [4.69, 9.17) is 17.3 Å². The third-order valence-electron chi connectivity index (χ3n) is 2.90. The SMILES string of the molecule is Cc1cc(F)cc(NS(=O)(=O)c2cc(N)c(C)cc2Cl)c1. The molecule has 0 saturated heterocycles. The number of sulfonamides is 1. The molecule has 3 N–H and O–H groups in total. The van der Waals surface area contributed by atoms with Gasteiger partial charge in [-0.15, -0.1) is 0 Å². The highest BCUT2D eigenvalue weighted by atomic mass is 35.5. The van der Waals surface area contributed by atoms with Crippen LogP contribution in [0.25, 0.3) is 0 Å². The summed E-state index contributed by atoms with van der Waals surface area (Å²) < 4.78 is 40.3. The van der Waals surface area contributed by atoms with Crippen molar-refractivity contribution >= 4 is 33.0 Å². The number of hydrogen-bond donors (Lipinski definition) is 2. The van der Waals surface area contributed by atoms with Gasteiger partial charge in [0.25, 0.3) is 10.0 Å². The van der Waals surface area contributed by atoms with E-state index >= 15 is 0 Å². The molecule has 0 fully saturated rings. The largest absolute Gasteiger partial charge is 0.398 e. The molecular weight excluding hydrogens is 315 g/mol. The van der Waals surface area contributed by atoms with Crippen molar-refractivity contribution in [3.8, 4) is 0 Å². The van der Waals surface area contributed by atoms with Gasteiger partial charge in [0.05, 0.1) is 10.7 Å². The van der Waals surface area contributed by atoms with Gasteiger partial charge in [-0.2, -0.15) is 0 Å². The van der Waals surface area contributed by atoms with E-state index in [9.17, 15) is 12.8 Å². The van der Waals surface area contributed by atoms with E-state index in [1.54, 1.807) is 13.8 Å².